The molecule has 1 aromatic heterocycles. The van der Waals surface area contributed by atoms with Crippen LogP contribution in [0.3, 0.4) is 0 Å². The second-order valence-electron chi connectivity index (χ2n) is 6.13. The van der Waals surface area contributed by atoms with Crippen molar-refractivity contribution in [3.63, 3.8) is 0 Å². The molecule has 0 radical (unpaired) electrons. The Morgan fingerprint density at radius 3 is 2.96 bits per heavy atom. The van der Waals surface area contributed by atoms with E-state index >= 15 is 0 Å². The number of nitrogens with zero attached hydrogens (tertiary/aromatic N) is 2. The van der Waals surface area contributed by atoms with Gasteiger partial charge in [0.15, 0.2) is 0 Å². The fourth-order valence-corrected chi connectivity index (χ4v) is 3.27. The molecule has 1 aromatic carbocycles. The van der Waals surface area contributed by atoms with Crippen LogP contribution in [-0.2, 0) is 13.1 Å². The summed E-state index contributed by atoms with van der Waals surface area (Å²) in [6.07, 6.45) is 4.81. The van der Waals surface area contributed by atoms with Crippen molar-refractivity contribution in [2.24, 2.45) is 5.92 Å². The molecule has 0 spiro atoms. The van der Waals surface area contributed by atoms with Crippen molar-refractivity contribution in [2.75, 3.05) is 19.6 Å². The Morgan fingerprint density at radius 2 is 2.22 bits per heavy atom. The first-order valence-corrected chi connectivity index (χ1v) is 8.34. The van der Waals surface area contributed by atoms with E-state index in [-0.39, 0.29) is 5.82 Å². The summed E-state index contributed by atoms with van der Waals surface area (Å²) in [6, 6.07) is 8.75. The number of pyridine rings is 1. The Bertz CT molecular complexity index is 629. The van der Waals surface area contributed by atoms with E-state index in [4.69, 9.17) is 11.6 Å². The SMILES string of the molecule is Fc1ccc(Cl)cc1CN(Cc1cccnc1)CC1CCNC1. The van der Waals surface area contributed by atoms with Crippen molar-refractivity contribution >= 4 is 11.6 Å². The Hall–Kier alpha value is -1.49. The smallest absolute Gasteiger partial charge is 0.127 e. The molecule has 0 aliphatic carbocycles. The Morgan fingerprint density at radius 1 is 1.30 bits per heavy atom. The van der Waals surface area contributed by atoms with Gasteiger partial charge >= 0.3 is 0 Å². The highest BCUT2D eigenvalue weighted by Gasteiger charge is 2.19. The third-order valence-corrected chi connectivity index (χ3v) is 4.44. The summed E-state index contributed by atoms with van der Waals surface area (Å²) in [5.74, 6) is 0.407. The average molecular weight is 334 g/mol. The molecule has 1 unspecified atom stereocenters. The van der Waals surface area contributed by atoms with E-state index in [1.54, 1.807) is 18.3 Å². The van der Waals surface area contributed by atoms with E-state index in [2.05, 4.69) is 21.3 Å². The summed E-state index contributed by atoms with van der Waals surface area (Å²) in [7, 11) is 0. The van der Waals surface area contributed by atoms with Gasteiger partial charge in [0.05, 0.1) is 0 Å². The highest BCUT2D eigenvalue weighted by Crippen LogP contribution is 2.20. The highest BCUT2D eigenvalue weighted by molar-refractivity contribution is 6.30. The molecule has 1 aliphatic rings. The van der Waals surface area contributed by atoms with Crippen molar-refractivity contribution < 1.29 is 4.39 Å². The Balaban J connectivity index is 1.74. The predicted octanol–water partition coefficient (Wildman–Crippen LogP) is 3.49. The lowest BCUT2D eigenvalue weighted by molar-refractivity contribution is 0.218. The molecule has 1 N–H and O–H groups in total. The van der Waals surface area contributed by atoms with Crippen LogP contribution in [0.2, 0.25) is 5.02 Å². The Kier molecular flexibility index (Phi) is 5.60. The van der Waals surface area contributed by atoms with E-state index in [0.29, 0.717) is 23.0 Å². The maximum absolute atomic E-state index is 14.1. The zero-order valence-electron chi connectivity index (χ0n) is 13.0. The molecular weight excluding hydrogens is 313 g/mol. The lowest BCUT2D eigenvalue weighted by atomic mass is 10.1. The van der Waals surface area contributed by atoms with Gasteiger partial charge in [0.25, 0.3) is 0 Å². The first-order valence-electron chi connectivity index (χ1n) is 7.96. The van der Waals surface area contributed by atoms with Crippen molar-refractivity contribution in [2.45, 2.75) is 19.5 Å². The van der Waals surface area contributed by atoms with Crippen LogP contribution in [-0.4, -0.2) is 29.5 Å². The van der Waals surface area contributed by atoms with E-state index in [0.717, 1.165) is 31.7 Å². The van der Waals surface area contributed by atoms with Crippen LogP contribution < -0.4 is 5.32 Å². The molecule has 2 aromatic rings. The minimum atomic E-state index is -0.199. The molecule has 1 atom stereocenters. The largest absolute Gasteiger partial charge is 0.316 e. The van der Waals surface area contributed by atoms with Crippen LogP contribution in [0.1, 0.15) is 17.5 Å². The summed E-state index contributed by atoms with van der Waals surface area (Å²) in [6.45, 7) is 4.35. The second-order valence-corrected chi connectivity index (χ2v) is 6.56. The maximum atomic E-state index is 14.1. The topological polar surface area (TPSA) is 28.2 Å². The van der Waals surface area contributed by atoms with Crippen LogP contribution in [0.5, 0.6) is 0 Å². The molecule has 2 heterocycles. The van der Waals surface area contributed by atoms with Gasteiger partial charge in [-0.25, -0.2) is 4.39 Å². The number of hydrogen-bond donors (Lipinski definition) is 1. The third-order valence-electron chi connectivity index (χ3n) is 4.21. The number of benzene rings is 1. The maximum Gasteiger partial charge on any atom is 0.127 e. The second kappa shape index (κ2) is 7.86. The van der Waals surface area contributed by atoms with Crippen LogP contribution >= 0.6 is 11.6 Å². The average Bonchev–Trinajstić information content (AvgIpc) is 3.05. The summed E-state index contributed by atoms with van der Waals surface area (Å²) < 4.78 is 14.1. The third kappa shape index (κ3) is 4.74. The zero-order chi connectivity index (χ0) is 16.1. The van der Waals surface area contributed by atoms with Crippen molar-refractivity contribution in [3.05, 3.63) is 64.7 Å². The molecular formula is C18H21ClFN3. The van der Waals surface area contributed by atoms with E-state index in [1.807, 2.05) is 12.3 Å². The number of halogens is 2. The fraction of sp³-hybridized carbons (Fsp3) is 0.389. The zero-order valence-corrected chi connectivity index (χ0v) is 13.8. The number of aromatic nitrogens is 1. The molecule has 0 amide bonds. The van der Waals surface area contributed by atoms with Crippen molar-refractivity contribution in [3.8, 4) is 0 Å². The standard InChI is InChI=1S/C18H21ClFN3/c19-17-3-4-18(20)16(8-17)13-23(12-15-5-7-22-10-15)11-14-2-1-6-21-9-14/h1-4,6,8-9,15,22H,5,7,10-13H2. The normalized spacial score (nSPS) is 17.8. The van der Waals surface area contributed by atoms with Gasteiger partial charge in [0.2, 0.25) is 0 Å². The minimum absolute atomic E-state index is 0.199. The summed E-state index contributed by atoms with van der Waals surface area (Å²) in [5, 5.41) is 3.97. The van der Waals surface area contributed by atoms with Gasteiger partial charge in [-0.3, -0.25) is 9.88 Å². The van der Waals surface area contributed by atoms with Gasteiger partial charge < -0.3 is 5.32 Å². The van der Waals surface area contributed by atoms with Crippen molar-refractivity contribution in [1.82, 2.24) is 15.2 Å². The van der Waals surface area contributed by atoms with Crippen molar-refractivity contribution in [1.29, 1.82) is 0 Å². The molecule has 1 saturated heterocycles. The lowest BCUT2D eigenvalue weighted by Crippen LogP contribution is -2.30. The molecule has 1 aliphatic heterocycles. The minimum Gasteiger partial charge on any atom is -0.316 e. The molecule has 1 fully saturated rings. The van der Waals surface area contributed by atoms with Gasteiger partial charge in [0, 0.05) is 42.6 Å². The van der Waals surface area contributed by atoms with Crippen LogP contribution in [0, 0.1) is 11.7 Å². The van der Waals surface area contributed by atoms with Gasteiger partial charge in [-0.15, -0.1) is 0 Å². The fourth-order valence-electron chi connectivity index (χ4n) is 3.08. The van der Waals surface area contributed by atoms with Gasteiger partial charge in [-0.2, -0.15) is 0 Å². The number of hydrogen-bond acceptors (Lipinski definition) is 3. The van der Waals surface area contributed by atoms with E-state index in [1.165, 1.54) is 12.5 Å². The molecule has 122 valence electrons. The first kappa shape index (κ1) is 16.4. The van der Waals surface area contributed by atoms with Gasteiger partial charge in [-0.1, -0.05) is 17.7 Å². The van der Waals surface area contributed by atoms with Gasteiger partial charge in [-0.05, 0) is 55.3 Å². The lowest BCUT2D eigenvalue weighted by Gasteiger charge is -2.25. The quantitative estimate of drug-likeness (QED) is 0.877. The first-order chi connectivity index (χ1) is 11.2. The van der Waals surface area contributed by atoms with Crippen LogP contribution in [0.4, 0.5) is 4.39 Å². The molecule has 5 heteroatoms. The molecule has 0 saturated carbocycles. The van der Waals surface area contributed by atoms with Crippen LogP contribution in [0.25, 0.3) is 0 Å². The molecule has 3 rings (SSSR count). The monoisotopic (exact) mass is 333 g/mol. The summed E-state index contributed by atoms with van der Waals surface area (Å²) in [4.78, 5) is 6.46. The molecule has 23 heavy (non-hydrogen) atoms. The summed E-state index contributed by atoms with van der Waals surface area (Å²) >= 11 is 6.03. The molecule has 0 bridgehead atoms. The van der Waals surface area contributed by atoms with E-state index < -0.39 is 0 Å². The summed E-state index contributed by atoms with van der Waals surface area (Å²) in [5.41, 5.74) is 1.79. The number of nitrogens with one attached hydrogen (secondary N) is 1. The molecule has 3 nitrogen and oxygen atoms in total. The predicted molar refractivity (Wildman–Crippen MR) is 90.7 cm³/mol. The Labute approximate surface area is 141 Å². The number of rotatable bonds is 6. The van der Waals surface area contributed by atoms with E-state index in [9.17, 15) is 4.39 Å². The van der Waals surface area contributed by atoms with Gasteiger partial charge in [0.1, 0.15) is 5.82 Å². The van der Waals surface area contributed by atoms with Crippen LogP contribution in [0.15, 0.2) is 42.7 Å². The highest BCUT2D eigenvalue weighted by atomic mass is 35.5.